The summed E-state index contributed by atoms with van der Waals surface area (Å²) < 4.78 is 32.1. The molecule has 0 amide bonds. The Bertz CT molecular complexity index is 778. The van der Waals surface area contributed by atoms with Crippen molar-refractivity contribution in [3.05, 3.63) is 59.7 Å². The molecule has 0 spiro atoms. The maximum absolute atomic E-state index is 9.82. The van der Waals surface area contributed by atoms with Crippen LogP contribution in [0.4, 0.5) is 0 Å². The van der Waals surface area contributed by atoms with E-state index in [2.05, 4.69) is 10.6 Å². The summed E-state index contributed by atoms with van der Waals surface area (Å²) in [5.41, 5.74) is 2.00. The summed E-state index contributed by atoms with van der Waals surface area (Å²) >= 11 is 0. The zero-order chi connectivity index (χ0) is 24.3. The molecular weight excluding hydrogens is 440 g/mol. The highest BCUT2D eigenvalue weighted by Crippen LogP contribution is 2.19. The van der Waals surface area contributed by atoms with Crippen LogP contribution in [0.25, 0.3) is 0 Å². The molecule has 0 aliphatic carbocycles. The van der Waals surface area contributed by atoms with Crippen molar-refractivity contribution in [2.75, 3.05) is 67.4 Å². The molecule has 0 saturated heterocycles. The van der Waals surface area contributed by atoms with Crippen molar-refractivity contribution in [3.8, 4) is 11.5 Å². The number of rotatable bonds is 20. The standard InChI is InChI=1S/C25H38N2O7/c1-29-11-13-31-19-33-24-9-5-3-7-21(24)15-26-17-23(18-28)27-16-22-8-4-6-10-25(22)34-20-32-14-12-30-2/h3-10,23,26-28H,11-20H2,1-2H3. The lowest BCUT2D eigenvalue weighted by molar-refractivity contribution is -0.00904. The average molecular weight is 479 g/mol. The minimum atomic E-state index is -0.128. The Morgan fingerprint density at radius 2 is 1.26 bits per heavy atom. The van der Waals surface area contributed by atoms with Crippen LogP contribution in [0.3, 0.4) is 0 Å². The van der Waals surface area contributed by atoms with Crippen LogP contribution in [0.15, 0.2) is 48.5 Å². The van der Waals surface area contributed by atoms with Crippen LogP contribution in [-0.2, 0) is 32.0 Å². The van der Waals surface area contributed by atoms with Crippen molar-refractivity contribution in [2.24, 2.45) is 0 Å². The minimum Gasteiger partial charge on any atom is -0.467 e. The molecule has 0 aromatic heterocycles. The Labute approximate surface area is 202 Å². The molecule has 9 heteroatoms. The number of aliphatic hydroxyl groups is 1. The maximum atomic E-state index is 9.82. The number of hydrogen-bond donors (Lipinski definition) is 3. The van der Waals surface area contributed by atoms with Gasteiger partial charge < -0.3 is 44.2 Å². The van der Waals surface area contributed by atoms with E-state index in [1.807, 2.05) is 48.5 Å². The quantitative estimate of drug-likeness (QED) is 0.195. The highest BCUT2D eigenvalue weighted by atomic mass is 16.7. The smallest absolute Gasteiger partial charge is 0.189 e. The molecule has 0 aliphatic rings. The Morgan fingerprint density at radius 1 is 0.735 bits per heavy atom. The first-order valence-corrected chi connectivity index (χ1v) is 11.4. The van der Waals surface area contributed by atoms with E-state index in [1.165, 1.54) is 0 Å². The number of benzene rings is 2. The molecule has 190 valence electrons. The highest BCUT2D eigenvalue weighted by molar-refractivity contribution is 5.34. The molecule has 9 nitrogen and oxygen atoms in total. The molecule has 2 rings (SSSR count). The zero-order valence-electron chi connectivity index (χ0n) is 20.2. The molecule has 0 aliphatic heterocycles. The van der Waals surface area contributed by atoms with Crippen molar-refractivity contribution < 1.29 is 33.5 Å². The summed E-state index contributed by atoms with van der Waals surface area (Å²) in [5.74, 6) is 1.51. The first-order chi connectivity index (χ1) is 16.8. The van der Waals surface area contributed by atoms with Gasteiger partial charge >= 0.3 is 0 Å². The lowest BCUT2D eigenvalue weighted by atomic mass is 10.1. The molecule has 34 heavy (non-hydrogen) atoms. The lowest BCUT2D eigenvalue weighted by Crippen LogP contribution is -2.40. The van der Waals surface area contributed by atoms with Crippen LogP contribution in [0, 0.1) is 0 Å². The summed E-state index contributed by atoms with van der Waals surface area (Å²) in [6.07, 6.45) is 0. The summed E-state index contributed by atoms with van der Waals surface area (Å²) in [7, 11) is 3.26. The zero-order valence-corrected chi connectivity index (χ0v) is 20.2. The van der Waals surface area contributed by atoms with Crippen molar-refractivity contribution in [1.29, 1.82) is 0 Å². The summed E-state index contributed by atoms with van der Waals surface area (Å²) in [6, 6.07) is 15.4. The number of ether oxygens (including phenoxy) is 6. The number of methoxy groups -OCH3 is 2. The highest BCUT2D eigenvalue weighted by Gasteiger charge is 2.10. The van der Waals surface area contributed by atoms with Gasteiger partial charge in [0.1, 0.15) is 11.5 Å². The van der Waals surface area contributed by atoms with E-state index in [0.29, 0.717) is 46.1 Å². The summed E-state index contributed by atoms with van der Waals surface area (Å²) in [4.78, 5) is 0. The third-order valence-corrected chi connectivity index (χ3v) is 4.91. The fourth-order valence-electron chi connectivity index (χ4n) is 3.03. The predicted molar refractivity (Wildman–Crippen MR) is 129 cm³/mol. The second-order valence-corrected chi connectivity index (χ2v) is 7.43. The molecule has 0 radical (unpaired) electrons. The van der Waals surface area contributed by atoms with E-state index in [9.17, 15) is 5.11 Å². The van der Waals surface area contributed by atoms with Gasteiger partial charge in [0, 0.05) is 51.0 Å². The predicted octanol–water partition coefficient (Wildman–Crippen LogP) is 1.93. The first-order valence-electron chi connectivity index (χ1n) is 11.4. The van der Waals surface area contributed by atoms with Gasteiger partial charge in [-0.05, 0) is 12.1 Å². The molecule has 1 atom stereocenters. The molecule has 2 aromatic rings. The molecular formula is C25H38N2O7. The van der Waals surface area contributed by atoms with E-state index >= 15 is 0 Å². The molecule has 0 heterocycles. The number of para-hydroxylation sites is 2. The molecule has 3 N–H and O–H groups in total. The topological polar surface area (TPSA) is 99.7 Å². The van der Waals surface area contributed by atoms with Gasteiger partial charge in [0.2, 0.25) is 0 Å². The molecule has 0 saturated carbocycles. The summed E-state index contributed by atoms with van der Waals surface area (Å²) in [6.45, 7) is 4.08. The second kappa shape index (κ2) is 18.1. The van der Waals surface area contributed by atoms with Gasteiger partial charge in [-0.1, -0.05) is 36.4 Å². The van der Waals surface area contributed by atoms with Gasteiger partial charge in [-0.15, -0.1) is 0 Å². The monoisotopic (exact) mass is 478 g/mol. The van der Waals surface area contributed by atoms with Gasteiger partial charge in [-0.3, -0.25) is 0 Å². The minimum absolute atomic E-state index is 0.00163. The van der Waals surface area contributed by atoms with E-state index in [1.54, 1.807) is 14.2 Å². The molecule has 1 unspecified atom stereocenters. The van der Waals surface area contributed by atoms with Crippen molar-refractivity contribution >= 4 is 0 Å². The van der Waals surface area contributed by atoms with Gasteiger partial charge in [0.15, 0.2) is 13.6 Å². The van der Waals surface area contributed by atoms with Crippen LogP contribution >= 0.6 is 0 Å². The third kappa shape index (κ3) is 11.3. The van der Waals surface area contributed by atoms with Crippen LogP contribution < -0.4 is 20.1 Å². The Morgan fingerprint density at radius 3 is 1.79 bits per heavy atom. The average Bonchev–Trinajstić information content (AvgIpc) is 2.87. The molecule has 0 bridgehead atoms. The SMILES string of the molecule is COCCOCOc1ccccc1CNCC(CO)NCc1ccccc1OCOCCOC. The lowest BCUT2D eigenvalue weighted by Gasteiger charge is -2.19. The van der Waals surface area contributed by atoms with E-state index < -0.39 is 0 Å². The number of aliphatic hydroxyl groups excluding tert-OH is 1. The summed E-state index contributed by atoms with van der Waals surface area (Å²) in [5, 5.41) is 16.6. The maximum Gasteiger partial charge on any atom is 0.189 e. The van der Waals surface area contributed by atoms with Gasteiger partial charge in [-0.25, -0.2) is 0 Å². The first kappa shape index (κ1) is 28.0. The van der Waals surface area contributed by atoms with Gasteiger partial charge in [0.05, 0.1) is 33.0 Å². The second-order valence-electron chi connectivity index (χ2n) is 7.43. The Kier molecular flexibility index (Phi) is 14.9. The Hall–Kier alpha value is -2.24. The third-order valence-electron chi connectivity index (χ3n) is 4.91. The molecule has 2 aromatic carbocycles. The van der Waals surface area contributed by atoms with Crippen molar-refractivity contribution in [2.45, 2.75) is 19.1 Å². The largest absolute Gasteiger partial charge is 0.467 e. The van der Waals surface area contributed by atoms with Crippen molar-refractivity contribution in [3.63, 3.8) is 0 Å². The van der Waals surface area contributed by atoms with Crippen LogP contribution in [0.5, 0.6) is 11.5 Å². The van der Waals surface area contributed by atoms with Crippen LogP contribution in [-0.4, -0.2) is 78.5 Å². The van der Waals surface area contributed by atoms with Gasteiger partial charge in [0.25, 0.3) is 0 Å². The van der Waals surface area contributed by atoms with Crippen molar-refractivity contribution in [1.82, 2.24) is 10.6 Å². The van der Waals surface area contributed by atoms with E-state index in [0.717, 1.165) is 22.6 Å². The van der Waals surface area contributed by atoms with Crippen LogP contribution in [0.2, 0.25) is 0 Å². The van der Waals surface area contributed by atoms with E-state index in [-0.39, 0.29) is 26.2 Å². The van der Waals surface area contributed by atoms with Crippen LogP contribution in [0.1, 0.15) is 11.1 Å². The normalized spacial score (nSPS) is 12.0. The molecule has 0 fully saturated rings. The fourth-order valence-corrected chi connectivity index (χ4v) is 3.03. The van der Waals surface area contributed by atoms with Gasteiger partial charge in [-0.2, -0.15) is 0 Å². The number of nitrogens with one attached hydrogen (secondary N) is 2. The Balaban J connectivity index is 1.76. The van der Waals surface area contributed by atoms with E-state index in [4.69, 9.17) is 28.4 Å². The number of hydrogen-bond acceptors (Lipinski definition) is 9. The fraction of sp³-hybridized carbons (Fsp3) is 0.520.